The average Bonchev–Trinajstić information content (AvgIpc) is 2.76. The molecule has 4 aliphatic rings. The van der Waals surface area contributed by atoms with Crippen LogP contribution in [0.1, 0.15) is 78.6 Å². The predicted molar refractivity (Wildman–Crippen MR) is 90.5 cm³/mol. The van der Waals surface area contributed by atoms with Crippen LogP contribution >= 0.6 is 0 Å². The van der Waals surface area contributed by atoms with Crippen molar-refractivity contribution in [1.29, 1.82) is 0 Å². The Kier molecular flexibility index (Phi) is 3.37. The van der Waals surface area contributed by atoms with Crippen molar-refractivity contribution < 1.29 is 4.79 Å². The number of hydrogen-bond donors (Lipinski definition) is 0. The second-order valence-electron chi connectivity index (χ2n) is 9.19. The lowest BCUT2D eigenvalue weighted by Crippen LogP contribution is -2.52. The summed E-state index contributed by atoms with van der Waals surface area (Å²) in [5, 5.41) is 0. The van der Waals surface area contributed by atoms with Crippen LogP contribution in [0.15, 0.2) is 11.6 Å². The Morgan fingerprint density at radius 1 is 1.00 bits per heavy atom. The molecular weight excluding hydrogens is 268 g/mol. The molecule has 1 heteroatoms. The monoisotopic (exact) mass is 300 g/mol. The minimum atomic E-state index is 0.199. The minimum absolute atomic E-state index is 0.199. The van der Waals surface area contributed by atoms with E-state index in [1.807, 2.05) is 0 Å². The first-order valence-electron chi connectivity index (χ1n) is 9.70. The van der Waals surface area contributed by atoms with E-state index in [1.54, 1.807) is 0 Å². The van der Waals surface area contributed by atoms with E-state index in [1.165, 1.54) is 56.9 Å². The molecule has 0 bridgehead atoms. The van der Waals surface area contributed by atoms with Crippen LogP contribution < -0.4 is 0 Å². The van der Waals surface area contributed by atoms with Crippen molar-refractivity contribution in [3.63, 3.8) is 0 Å². The van der Waals surface area contributed by atoms with Crippen LogP contribution in [0, 0.1) is 34.5 Å². The summed E-state index contributed by atoms with van der Waals surface area (Å²) in [4.78, 5) is 12.5. The first-order valence-corrected chi connectivity index (χ1v) is 9.70. The average molecular weight is 300 g/mol. The lowest BCUT2D eigenvalue weighted by molar-refractivity contribution is -0.116. The van der Waals surface area contributed by atoms with Crippen LogP contribution in [0.25, 0.3) is 0 Å². The first-order chi connectivity index (χ1) is 10.5. The summed E-state index contributed by atoms with van der Waals surface area (Å²) < 4.78 is 0. The van der Waals surface area contributed by atoms with Gasteiger partial charge in [-0.1, -0.05) is 32.8 Å². The molecule has 22 heavy (non-hydrogen) atoms. The van der Waals surface area contributed by atoms with Crippen molar-refractivity contribution in [2.24, 2.45) is 34.5 Å². The first kappa shape index (κ1) is 15.0. The van der Waals surface area contributed by atoms with E-state index in [4.69, 9.17) is 0 Å². The maximum Gasteiger partial charge on any atom is 0.159 e. The highest BCUT2D eigenvalue weighted by Gasteiger charge is 2.60. The lowest BCUT2D eigenvalue weighted by Gasteiger charge is -2.59. The Labute approximate surface area is 135 Å². The number of allylic oxidation sites excluding steroid dienone is 2. The number of Topliss-reactive ketones (excluding diaryl/α,β-unsaturated/α-hetero) is 1. The highest BCUT2D eigenvalue weighted by Crippen LogP contribution is 2.66. The molecule has 0 amide bonds. The maximum absolute atomic E-state index is 12.5. The van der Waals surface area contributed by atoms with E-state index in [9.17, 15) is 4.79 Å². The zero-order chi connectivity index (χ0) is 15.5. The van der Waals surface area contributed by atoms with E-state index >= 15 is 0 Å². The van der Waals surface area contributed by atoms with Gasteiger partial charge in [0.1, 0.15) is 0 Å². The summed E-state index contributed by atoms with van der Waals surface area (Å²) in [5.41, 5.74) is 1.96. The van der Waals surface area contributed by atoms with Crippen LogP contribution in [-0.2, 0) is 4.79 Å². The largest absolute Gasteiger partial charge is 0.295 e. The zero-order valence-electron chi connectivity index (χ0n) is 14.7. The Morgan fingerprint density at radius 3 is 2.59 bits per heavy atom. The van der Waals surface area contributed by atoms with Crippen molar-refractivity contribution >= 4 is 5.78 Å². The summed E-state index contributed by atoms with van der Waals surface area (Å²) in [6, 6.07) is 0. The summed E-state index contributed by atoms with van der Waals surface area (Å²) in [6.45, 7) is 7.10. The molecule has 0 spiro atoms. The second kappa shape index (κ2) is 4.95. The van der Waals surface area contributed by atoms with Gasteiger partial charge in [-0.25, -0.2) is 0 Å². The fraction of sp³-hybridized carbons (Fsp3) is 0.857. The fourth-order valence-electron chi connectivity index (χ4n) is 7.45. The van der Waals surface area contributed by atoms with Gasteiger partial charge in [0, 0.05) is 6.42 Å². The molecule has 4 rings (SSSR count). The molecule has 0 N–H and O–H groups in total. The third-order valence-corrected chi connectivity index (χ3v) is 8.58. The van der Waals surface area contributed by atoms with Crippen LogP contribution in [0.3, 0.4) is 0 Å². The number of carbonyl (C=O) groups is 1. The van der Waals surface area contributed by atoms with E-state index in [0.717, 1.165) is 24.2 Å². The number of carbonyl (C=O) groups excluding carboxylic acids is 1. The van der Waals surface area contributed by atoms with Gasteiger partial charge < -0.3 is 0 Å². The van der Waals surface area contributed by atoms with Crippen LogP contribution in [-0.4, -0.2) is 5.78 Å². The molecule has 1 nitrogen and oxygen atoms in total. The summed E-state index contributed by atoms with van der Waals surface area (Å²) in [7, 11) is 0. The number of rotatable bonds is 0. The van der Waals surface area contributed by atoms with Gasteiger partial charge in [0.2, 0.25) is 0 Å². The van der Waals surface area contributed by atoms with Crippen LogP contribution in [0.4, 0.5) is 0 Å². The second-order valence-corrected chi connectivity index (χ2v) is 9.19. The lowest BCUT2D eigenvalue weighted by atomic mass is 9.45. The quantitative estimate of drug-likeness (QED) is 0.536. The molecule has 0 aromatic heterocycles. The van der Waals surface area contributed by atoms with Gasteiger partial charge in [0.25, 0.3) is 0 Å². The molecule has 4 fully saturated rings. The van der Waals surface area contributed by atoms with Gasteiger partial charge in [-0.2, -0.15) is 0 Å². The smallest absolute Gasteiger partial charge is 0.159 e. The van der Waals surface area contributed by atoms with Gasteiger partial charge in [-0.3, -0.25) is 4.79 Å². The standard InChI is InChI=1S/C21H32O/c1-4-16-19(22)13-18-15-9-8-14-7-5-6-11-20(14,2)17(15)10-12-21(16,18)3/h4,14-15,17-18H,5-13H2,1-3H3/b16-4+. The molecule has 4 saturated carbocycles. The van der Waals surface area contributed by atoms with E-state index in [0.29, 0.717) is 17.1 Å². The Morgan fingerprint density at radius 2 is 1.82 bits per heavy atom. The number of hydrogen-bond acceptors (Lipinski definition) is 1. The molecule has 0 saturated heterocycles. The number of ketones is 1. The molecule has 0 radical (unpaired) electrons. The summed E-state index contributed by atoms with van der Waals surface area (Å²) in [6.07, 6.45) is 14.3. The summed E-state index contributed by atoms with van der Waals surface area (Å²) >= 11 is 0. The molecule has 0 heterocycles. The van der Waals surface area contributed by atoms with E-state index in [2.05, 4.69) is 26.8 Å². The highest BCUT2D eigenvalue weighted by molar-refractivity contribution is 5.99. The SMILES string of the molecule is C/C=C1\C(=O)CC2C3CCC4CCCCC4(C)C3CCC12C. The van der Waals surface area contributed by atoms with Crippen molar-refractivity contribution in [2.45, 2.75) is 78.6 Å². The van der Waals surface area contributed by atoms with Crippen molar-refractivity contribution in [1.82, 2.24) is 0 Å². The molecule has 6 atom stereocenters. The predicted octanol–water partition coefficient (Wildman–Crippen LogP) is 5.54. The van der Waals surface area contributed by atoms with E-state index in [-0.39, 0.29) is 5.41 Å². The Hall–Kier alpha value is -0.590. The van der Waals surface area contributed by atoms with Crippen LogP contribution in [0.2, 0.25) is 0 Å². The summed E-state index contributed by atoms with van der Waals surface area (Å²) in [5.74, 6) is 3.80. The Balaban J connectivity index is 1.69. The molecule has 6 unspecified atom stereocenters. The molecular formula is C21H32O. The third kappa shape index (κ3) is 1.80. The van der Waals surface area contributed by atoms with Crippen molar-refractivity contribution in [3.8, 4) is 0 Å². The van der Waals surface area contributed by atoms with Crippen molar-refractivity contribution in [2.75, 3.05) is 0 Å². The van der Waals surface area contributed by atoms with Gasteiger partial charge in [-0.05, 0) is 85.5 Å². The molecule has 122 valence electrons. The molecule has 0 aromatic rings. The molecule has 4 aliphatic carbocycles. The number of fused-ring (bicyclic) bond motifs is 5. The van der Waals surface area contributed by atoms with Gasteiger partial charge in [0.05, 0.1) is 0 Å². The highest BCUT2D eigenvalue weighted by atomic mass is 16.1. The van der Waals surface area contributed by atoms with Gasteiger partial charge >= 0.3 is 0 Å². The topological polar surface area (TPSA) is 17.1 Å². The van der Waals surface area contributed by atoms with Crippen molar-refractivity contribution in [3.05, 3.63) is 11.6 Å². The minimum Gasteiger partial charge on any atom is -0.295 e. The molecule has 0 aliphatic heterocycles. The Bertz CT molecular complexity index is 518. The normalized spacial score (nSPS) is 53.0. The molecule has 0 aromatic carbocycles. The van der Waals surface area contributed by atoms with E-state index < -0.39 is 0 Å². The van der Waals surface area contributed by atoms with Crippen LogP contribution in [0.5, 0.6) is 0 Å². The zero-order valence-corrected chi connectivity index (χ0v) is 14.7. The van der Waals surface area contributed by atoms with Gasteiger partial charge in [0.15, 0.2) is 5.78 Å². The fourth-order valence-corrected chi connectivity index (χ4v) is 7.45. The maximum atomic E-state index is 12.5. The van der Waals surface area contributed by atoms with Gasteiger partial charge in [-0.15, -0.1) is 0 Å². The third-order valence-electron chi connectivity index (χ3n) is 8.58.